The van der Waals surface area contributed by atoms with Gasteiger partial charge in [0.1, 0.15) is 11.5 Å². The van der Waals surface area contributed by atoms with E-state index in [4.69, 9.17) is 14.2 Å². The van der Waals surface area contributed by atoms with Crippen molar-refractivity contribution in [2.24, 2.45) is 0 Å². The van der Waals surface area contributed by atoms with Crippen LogP contribution in [-0.4, -0.2) is 84.1 Å². The lowest BCUT2D eigenvalue weighted by molar-refractivity contribution is 0.0391. The van der Waals surface area contributed by atoms with E-state index < -0.39 is 9.84 Å². The van der Waals surface area contributed by atoms with E-state index in [1.807, 2.05) is 0 Å². The topological polar surface area (TPSA) is 98.3 Å². The van der Waals surface area contributed by atoms with Crippen molar-refractivity contribution in [1.29, 1.82) is 0 Å². The van der Waals surface area contributed by atoms with Gasteiger partial charge in [0.25, 0.3) is 5.91 Å². The number of aromatic nitrogens is 1. The second-order valence-corrected chi connectivity index (χ2v) is 10.9. The molecular weight excluding hydrogens is 514 g/mol. The molecule has 1 aliphatic rings. The van der Waals surface area contributed by atoms with Gasteiger partial charge in [0.2, 0.25) is 0 Å². The number of sulfone groups is 1. The Bertz CT molecular complexity index is 1270. The third kappa shape index (κ3) is 6.42. The molecule has 0 atom stereocenters. The summed E-state index contributed by atoms with van der Waals surface area (Å²) in [6, 6.07) is 9.85. The minimum absolute atomic E-state index is 0. The van der Waals surface area contributed by atoms with Crippen LogP contribution in [0.4, 0.5) is 5.13 Å². The van der Waals surface area contributed by atoms with E-state index in [1.165, 1.54) is 37.9 Å². The molecule has 0 aliphatic carbocycles. The van der Waals surface area contributed by atoms with Crippen LogP contribution in [0.15, 0.2) is 41.3 Å². The van der Waals surface area contributed by atoms with Crippen LogP contribution in [0.5, 0.6) is 11.5 Å². The molecular formula is C23H28ClN3O6S2. The summed E-state index contributed by atoms with van der Waals surface area (Å²) >= 11 is 1.29. The third-order valence-corrected chi connectivity index (χ3v) is 7.75. The Balaban J connectivity index is 0.00000342. The van der Waals surface area contributed by atoms with Crippen LogP contribution in [-0.2, 0) is 14.6 Å². The van der Waals surface area contributed by atoms with Crippen molar-refractivity contribution < 1.29 is 27.4 Å². The zero-order chi connectivity index (χ0) is 24.3. The number of methoxy groups -OCH3 is 2. The minimum Gasteiger partial charge on any atom is -0.497 e. The Hall–Kier alpha value is -2.44. The monoisotopic (exact) mass is 541 g/mol. The molecule has 1 aliphatic heterocycles. The Labute approximate surface area is 214 Å². The summed E-state index contributed by atoms with van der Waals surface area (Å²) in [5.74, 6) is 0.781. The highest BCUT2D eigenvalue weighted by atomic mass is 35.5. The van der Waals surface area contributed by atoms with Gasteiger partial charge in [0, 0.05) is 44.1 Å². The Morgan fingerprint density at radius 3 is 2.37 bits per heavy atom. The molecule has 1 fully saturated rings. The summed E-state index contributed by atoms with van der Waals surface area (Å²) in [4.78, 5) is 22.5. The predicted molar refractivity (Wildman–Crippen MR) is 138 cm³/mol. The zero-order valence-electron chi connectivity index (χ0n) is 19.7. The molecule has 3 aromatic rings. The molecule has 4 rings (SSSR count). The number of carbonyl (C=O) groups excluding carboxylic acids is 1. The normalized spacial score (nSPS) is 14.4. The van der Waals surface area contributed by atoms with Crippen LogP contribution >= 0.6 is 23.7 Å². The fourth-order valence-corrected chi connectivity index (χ4v) is 5.43. The fourth-order valence-electron chi connectivity index (χ4n) is 3.68. The molecule has 2 aromatic carbocycles. The highest BCUT2D eigenvalue weighted by molar-refractivity contribution is 7.90. The van der Waals surface area contributed by atoms with Gasteiger partial charge in [-0.15, -0.1) is 12.4 Å². The molecule has 0 spiro atoms. The number of carbonyl (C=O) groups is 1. The summed E-state index contributed by atoms with van der Waals surface area (Å²) in [6.45, 7) is 3.99. The number of hydrogen-bond donors (Lipinski definition) is 0. The van der Waals surface area contributed by atoms with E-state index in [0.717, 1.165) is 13.1 Å². The molecule has 12 heteroatoms. The smallest absolute Gasteiger partial charge is 0.260 e. The molecule has 9 nitrogen and oxygen atoms in total. The van der Waals surface area contributed by atoms with Crippen molar-refractivity contribution in [2.75, 3.05) is 64.8 Å². The van der Waals surface area contributed by atoms with Gasteiger partial charge >= 0.3 is 0 Å². The largest absolute Gasteiger partial charge is 0.497 e. The van der Waals surface area contributed by atoms with Gasteiger partial charge < -0.3 is 14.2 Å². The van der Waals surface area contributed by atoms with Gasteiger partial charge in [-0.2, -0.15) is 0 Å². The molecule has 2 heterocycles. The van der Waals surface area contributed by atoms with Crippen LogP contribution in [0.3, 0.4) is 0 Å². The summed E-state index contributed by atoms with van der Waals surface area (Å²) in [5.41, 5.74) is 1.05. The Morgan fingerprint density at radius 1 is 1.11 bits per heavy atom. The maximum atomic E-state index is 13.7. The quantitative estimate of drug-likeness (QED) is 0.429. The summed E-state index contributed by atoms with van der Waals surface area (Å²) < 4.78 is 40.8. The van der Waals surface area contributed by atoms with Crippen molar-refractivity contribution in [1.82, 2.24) is 9.88 Å². The molecule has 35 heavy (non-hydrogen) atoms. The van der Waals surface area contributed by atoms with Crippen molar-refractivity contribution in [3.05, 3.63) is 42.0 Å². The maximum Gasteiger partial charge on any atom is 0.260 e. The first kappa shape index (κ1) is 27.2. The highest BCUT2D eigenvalue weighted by Gasteiger charge is 2.24. The summed E-state index contributed by atoms with van der Waals surface area (Å²) in [5, 5.41) is 0.501. The SMILES string of the molecule is COc1cc(OC)cc(C(=O)N(CCN2CCOCC2)c2nc3ccc(S(C)(=O)=O)cc3s2)c1.Cl. The lowest BCUT2D eigenvalue weighted by Crippen LogP contribution is -2.43. The van der Waals surface area contributed by atoms with Crippen molar-refractivity contribution >= 4 is 54.8 Å². The van der Waals surface area contributed by atoms with Gasteiger partial charge in [-0.3, -0.25) is 14.6 Å². The number of morpholine rings is 1. The molecule has 0 saturated carbocycles. The average Bonchev–Trinajstić information content (AvgIpc) is 3.26. The van der Waals surface area contributed by atoms with Gasteiger partial charge in [-0.1, -0.05) is 11.3 Å². The fraction of sp³-hybridized carbons (Fsp3) is 0.391. The number of halogens is 1. The van der Waals surface area contributed by atoms with E-state index in [2.05, 4.69) is 9.88 Å². The lowest BCUT2D eigenvalue weighted by Gasteiger charge is -2.29. The second-order valence-electron chi connectivity index (χ2n) is 7.91. The second kappa shape index (κ2) is 11.5. The summed E-state index contributed by atoms with van der Waals surface area (Å²) in [7, 11) is -0.285. The predicted octanol–water partition coefficient (Wildman–Crippen LogP) is 3.12. The number of rotatable bonds is 8. The van der Waals surface area contributed by atoms with Crippen LogP contribution in [0.2, 0.25) is 0 Å². The van der Waals surface area contributed by atoms with Crippen molar-refractivity contribution in [2.45, 2.75) is 4.90 Å². The molecule has 1 aromatic heterocycles. The van der Waals surface area contributed by atoms with Gasteiger partial charge in [0.15, 0.2) is 15.0 Å². The number of thiazole rings is 1. The molecule has 190 valence electrons. The van der Waals surface area contributed by atoms with E-state index in [9.17, 15) is 13.2 Å². The average molecular weight is 542 g/mol. The van der Waals surface area contributed by atoms with E-state index >= 15 is 0 Å². The molecule has 0 bridgehead atoms. The first-order valence-electron chi connectivity index (χ1n) is 10.7. The molecule has 1 saturated heterocycles. The van der Waals surface area contributed by atoms with E-state index in [0.29, 0.717) is 58.7 Å². The Kier molecular flexibility index (Phi) is 8.94. The van der Waals surface area contributed by atoms with E-state index in [1.54, 1.807) is 35.2 Å². The standard InChI is InChI=1S/C23H27N3O6S2.ClH/c1-30-17-12-16(13-18(14-17)31-2)22(27)26(7-6-25-8-10-32-11-9-25)23-24-20-5-4-19(34(3,28)29)15-21(20)33-23;/h4-5,12-15H,6-11H2,1-3H3;1H. The number of ether oxygens (including phenoxy) is 3. The van der Waals surface area contributed by atoms with Gasteiger partial charge in [-0.05, 0) is 30.3 Å². The van der Waals surface area contributed by atoms with Crippen molar-refractivity contribution in [3.63, 3.8) is 0 Å². The van der Waals surface area contributed by atoms with Crippen molar-refractivity contribution in [3.8, 4) is 11.5 Å². The number of fused-ring (bicyclic) bond motifs is 1. The minimum atomic E-state index is -3.35. The number of nitrogens with zero attached hydrogens (tertiary/aromatic N) is 3. The van der Waals surface area contributed by atoms with Gasteiger partial charge in [-0.25, -0.2) is 13.4 Å². The lowest BCUT2D eigenvalue weighted by atomic mass is 10.1. The van der Waals surface area contributed by atoms with Gasteiger partial charge in [0.05, 0.1) is 42.5 Å². The summed E-state index contributed by atoms with van der Waals surface area (Å²) in [6.07, 6.45) is 1.17. The number of anilines is 1. The zero-order valence-corrected chi connectivity index (χ0v) is 22.2. The van der Waals surface area contributed by atoms with E-state index in [-0.39, 0.29) is 23.2 Å². The van der Waals surface area contributed by atoms with Crippen LogP contribution in [0.25, 0.3) is 10.2 Å². The Morgan fingerprint density at radius 2 is 1.77 bits per heavy atom. The number of benzene rings is 2. The molecule has 0 radical (unpaired) electrons. The maximum absolute atomic E-state index is 13.7. The van der Waals surface area contributed by atoms with Crippen LogP contribution < -0.4 is 14.4 Å². The first-order valence-corrected chi connectivity index (χ1v) is 13.4. The highest BCUT2D eigenvalue weighted by Crippen LogP contribution is 2.32. The number of amides is 1. The third-order valence-electron chi connectivity index (χ3n) is 5.59. The molecule has 1 amide bonds. The van der Waals surface area contributed by atoms with Crippen LogP contribution in [0.1, 0.15) is 10.4 Å². The molecule has 0 N–H and O–H groups in total. The van der Waals surface area contributed by atoms with Crippen LogP contribution in [0, 0.1) is 0 Å². The molecule has 0 unspecified atom stereocenters. The number of hydrogen-bond acceptors (Lipinski definition) is 9. The first-order chi connectivity index (χ1) is 16.3.